The lowest BCUT2D eigenvalue weighted by Crippen LogP contribution is -3.11. The van der Waals surface area contributed by atoms with Gasteiger partial charge in [0.15, 0.2) is 17.7 Å². The van der Waals surface area contributed by atoms with Crippen molar-refractivity contribution in [1.82, 2.24) is 35.5 Å². The number of phosphoric acid groups is 2. The molecule has 23 nitrogen and oxygen atoms in total. The zero-order valence-corrected chi connectivity index (χ0v) is 40.4. The standard InChI is InChI=1S/C26H40N8O13P2S.2C6H15N/c27-23-20-24(30-12-29-23)34(13-31-20)25-22(38)21(37)15(45-25)10-44-48(40,41)47-49(42,43)46-18(36)8-2-1-5-9-28-17(35)7-4-3-6-16-19-14(11-50-16)32-26(39)33-19;2*1-4-7(5-2)6-3/h12-16,19,21-22,25,37-38H,1-11H2,(H,28,35)(H,40,41)(H,42,43)(H2,27,29,30)(H2,32,33,39);2*4-6H2,1-3H3/t14-,15+,16-,19-,21?,22-,25+;;/m0../s1. The van der Waals surface area contributed by atoms with E-state index in [-0.39, 0.29) is 53.8 Å². The predicted octanol–water partition coefficient (Wildman–Crippen LogP) is -1.19. The predicted molar refractivity (Wildman–Crippen MR) is 235 cm³/mol. The number of unbranched alkanes of at least 4 members (excludes halogenated alkanes) is 3. The minimum Gasteiger partial charge on any atom is -0.756 e. The number of amides is 3. The first kappa shape index (κ1) is 55.3. The van der Waals surface area contributed by atoms with Gasteiger partial charge in [-0.1, -0.05) is 12.8 Å². The number of hydrogen-bond donors (Lipinski definition) is 8. The number of phosphoric ester groups is 2. The number of aliphatic hydroxyl groups excluding tert-OH is 2. The smallest absolute Gasteiger partial charge is 0.328 e. The number of hydrogen-bond acceptors (Lipinski definition) is 18. The second kappa shape index (κ2) is 27.6. The van der Waals surface area contributed by atoms with Gasteiger partial charge in [0.1, 0.15) is 30.2 Å². The molecule has 0 bridgehead atoms. The van der Waals surface area contributed by atoms with E-state index in [1.165, 1.54) is 50.2 Å². The first-order valence-electron chi connectivity index (χ1n) is 22.2. The Balaban J connectivity index is 0.000000671. The van der Waals surface area contributed by atoms with Crippen LogP contribution in [0, 0.1) is 0 Å². The van der Waals surface area contributed by atoms with Gasteiger partial charge in [0.05, 0.1) is 64.3 Å². The molecule has 9 atom stereocenters. The third-order valence-electron chi connectivity index (χ3n) is 11.3. The second-order valence-electron chi connectivity index (χ2n) is 15.5. The van der Waals surface area contributed by atoms with Gasteiger partial charge in [0, 0.05) is 30.4 Å². The van der Waals surface area contributed by atoms with Gasteiger partial charge in [-0.15, -0.1) is 0 Å². The van der Waals surface area contributed by atoms with Gasteiger partial charge < -0.3 is 65.3 Å². The van der Waals surface area contributed by atoms with Crippen molar-refractivity contribution in [3.8, 4) is 0 Å². The molecule has 9 N–H and O–H groups in total. The highest BCUT2D eigenvalue weighted by molar-refractivity contribution is 8.00. The lowest BCUT2D eigenvalue weighted by atomic mass is 10.0. The summed E-state index contributed by atoms with van der Waals surface area (Å²) in [5, 5.41) is 29.8. The van der Waals surface area contributed by atoms with E-state index in [1.807, 2.05) is 11.8 Å². The van der Waals surface area contributed by atoms with Gasteiger partial charge in [-0.3, -0.25) is 23.3 Å². The van der Waals surface area contributed by atoms with Crippen LogP contribution in [0.4, 0.5) is 10.6 Å². The van der Waals surface area contributed by atoms with Crippen molar-refractivity contribution in [2.45, 2.75) is 135 Å². The molecule has 5 heterocycles. The van der Waals surface area contributed by atoms with E-state index in [1.54, 1.807) is 9.80 Å². The Kier molecular flexibility index (Phi) is 23.9. The number of nitrogen functional groups attached to an aromatic ring is 1. The Morgan fingerprint density at radius 1 is 0.922 bits per heavy atom. The molecule has 3 amide bonds. The molecule has 0 aliphatic carbocycles. The number of urea groups is 1. The number of ether oxygens (including phenoxy) is 1. The summed E-state index contributed by atoms with van der Waals surface area (Å²) >= 11 is 1.82. The molecule has 0 aromatic carbocycles. The molecular weight excluding hydrogens is 898 g/mol. The zero-order chi connectivity index (χ0) is 47.5. The van der Waals surface area contributed by atoms with Crippen LogP contribution in [-0.2, 0) is 36.8 Å². The summed E-state index contributed by atoms with van der Waals surface area (Å²) in [6.45, 7) is 20.4. The monoisotopic (exact) mass is 968 g/mol. The fourth-order valence-corrected chi connectivity index (χ4v) is 10.8. The summed E-state index contributed by atoms with van der Waals surface area (Å²) in [5.74, 6) is -0.440. The Morgan fingerprint density at radius 3 is 2.19 bits per heavy atom. The SMILES string of the molecule is CC[NH+](CC)CC.CC[NH+](CC)CC.Nc1ncnc2c1ncn2[C@@H]1O[C@H](COP(=O)([O-])OP(=O)([O-])OC(=O)CCCCCNC(=O)CCCC[C@@H]2SC[C@@H]3NC(=O)N[C@@H]32)C(O)[C@@H]1O. The maximum absolute atomic E-state index is 12.2. The summed E-state index contributed by atoms with van der Waals surface area (Å²) in [6, 6.07) is 0.167. The number of quaternary nitrogens is 2. The van der Waals surface area contributed by atoms with Gasteiger partial charge in [0.25, 0.3) is 7.82 Å². The second-order valence-corrected chi connectivity index (χ2v) is 19.7. The van der Waals surface area contributed by atoms with Crippen molar-refractivity contribution in [2.75, 3.05) is 63.9 Å². The van der Waals surface area contributed by atoms with E-state index < -0.39 is 52.8 Å². The van der Waals surface area contributed by atoms with Crippen LogP contribution in [0.25, 0.3) is 11.2 Å². The maximum atomic E-state index is 12.2. The number of fused-ring (bicyclic) bond motifs is 2. The molecule has 2 aromatic rings. The average Bonchev–Trinajstić information content (AvgIpc) is 4.02. The Hall–Kier alpha value is -2.99. The third kappa shape index (κ3) is 17.7. The van der Waals surface area contributed by atoms with Crippen LogP contribution in [0.3, 0.4) is 0 Å². The summed E-state index contributed by atoms with van der Waals surface area (Å²) in [5.41, 5.74) is 6.09. The van der Waals surface area contributed by atoms with Crippen LogP contribution in [0.5, 0.6) is 0 Å². The number of thioether (sulfide) groups is 1. The number of nitrogens with two attached hydrogens (primary N) is 1. The Labute approximate surface area is 379 Å². The lowest BCUT2D eigenvalue weighted by Gasteiger charge is -2.30. The van der Waals surface area contributed by atoms with Crippen molar-refractivity contribution in [3.63, 3.8) is 0 Å². The molecule has 2 aromatic heterocycles. The summed E-state index contributed by atoms with van der Waals surface area (Å²) in [7, 11) is -11.4. The molecule has 3 aliphatic heterocycles. The third-order valence-corrected chi connectivity index (χ3v) is 15.3. The molecule has 5 rings (SSSR count). The van der Waals surface area contributed by atoms with Gasteiger partial charge in [-0.25, -0.2) is 24.1 Å². The first-order valence-corrected chi connectivity index (χ1v) is 26.2. The van der Waals surface area contributed by atoms with Crippen LogP contribution in [0.2, 0.25) is 0 Å². The molecule has 3 saturated heterocycles. The molecule has 3 fully saturated rings. The van der Waals surface area contributed by atoms with Crippen LogP contribution in [0.1, 0.15) is 99.1 Å². The summed E-state index contributed by atoms with van der Waals surface area (Å²) in [6.07, 6.45) is -0.0951. The first-order chi connectivity index (χ1) is 30.4. The van der Waals surface area contributed by atoms with Crippen LogP contribution in [0.15, 0.2) is 12.7 Å². The lowest BCUT2D eigenvalue weighted by molar-refractivity contribution is -0.894. The van der Waals surface area contributed by atoms with E-state index in [0.29, 0.717) is 37.5 Å². The van der Waals surface area contributed by atoms with Gasteiger partial charge in [-0.2, -0.15) is 11.8 Å². The zero-order valence-electron chi connectivity index (χ0n) is 37.8. The number of nitrogens with one attached hydrogen (secondary N) is 5. The fraction of sp³-hybridized carbons (Fsp3) is 0.789. The molecular formula is C38H70N10O13P2S. The van der Waals surface area contributed by atoms with Gasteiger partial charge in [-0.05, 0) is 67.2 Å². The highest BCUT2D eigenvalue weighted by Gasteiger charge is 2.45. The van der Waals surface area contributed by atoms with Crippen molar-refractivity contribution < 1.29 is 71.4 Å². The fourth-order valence-electron chi connectivity index (χ4n) is 7.31. The number of aromatic nitrogens is 4. The van der Waals surface area contributed by atoms with E-state index >= 15 is 0 Å². The van der Waals surface area contributed by atoms with Crippen molar-refractivity contribution >= 4 is 62.3 Å². The molecule has 3 aliphatic rings. The Bertz CT molecular complexity index is 1820. The molecule has 26 heteroatoms. The van der Waals surface area contributed by atoms with E-state index in [2.05, 4.69) is 85.8 Å². The highest BCUT2D eigenvalue weighted by Crippen LogP contribution is 2.56. The normalized spacial score (nSPS) is 24.4. The van der Waals surface area contributed by atoms with E-state index in [9.17, 15) is 43.5 Å². The number of imidazole rings is 1. The van der Waals surface area contributed by atoms with Crippen LogP contribution in [-0.4, -0.2) is 141 Å². The van der Waals surface area contributed by atoms with Gasteiger partial charge in [0.2, 0.25) is 5.91 Å². The number of carbonyl (C=O) groups excluding carboxylic acids is 3. The molecule has 0 saturated carbocycles. The number of nitrogens with zero attached hydrogens (tertiary/aromatic N) is 4. The summed E-state index contributed by atoms with van der Waals surface area (Å²) in [4.78, 5) is 75.0. The number of rotatable bonds is 24. The Morgan fingerprint density at radius 2 is 1.56 bits per heavy atom. The van der Waals surface area contributed by atoms with Crippen molar-refractivity contribution in [2.24, 2.45) is 0 Å². The molecule has 64 heavy (non-hydrogen) atoms. The van der Waals surface area contributed by atoms with Gasteiger partial charge >= 0.3 is 19.8 Å². The largest absolute Gasteiger partial charge is 0.756 e. The molecule has 0 radical (unpaired) electrons. The number of carbonyl (C=O) groups is 3. The molecule has 366 valence electrons. The van der Waals surface area contributed by atoms with Crippen molar-refractivity contribution in [3.05, 3.63) is 12.7 Å². The average molecular weight is 969 g/mol. The molecule has 0 spiro atoms. The summed E-state index contributed by atoms with van der Waals surface area (Å²) < 4.78 is 43.7. The van der Waals surface area contributed by atoms with E-state index in [4.69, 9.17) is 10.5 Å². The number of anilines is 1. The minimum absolute atomic E-state index is 0.0470. The number of aliphatic hydroxyl groups is 2. The van der Waals surface area contributed by atoms with Crippen LogP contribution < -0.4 is 41.3 Å². The highest BCUT2D eigenvalue weighted by atomic mass is 32.2. The molecule has 3 unspecified atom stereocenters. The van der Waals surface area contributed by atoms with Crippen LogP contribution >= 0.6 is 27.4 Å². The van der Waals surface area contributed by atoms with Crippen molar-refractivity contribution in [1.29, 1.82) is 0 Å². The topological polar surface area (TPSA) is 323 Å². The van der Waals surface area contributed by atoms with E-state index in [0.717, 1.165) is 24.9 Å². The quantitative estimate of drug-likeness (QED) is 0.0348. The maximum Gasteiger partial charge on any atom is 0.328 e. The minimum atomic E-state index is -5.72.